The summed E-state index contributed by atoms with van der Waals surface area (Å²) in [7, 11) is 2.05. The summed E-state index contributed by atoms with van der Waals surface area (Å²) in [6.07, 6.45) is 2.86. The molecule has 4 heteroatoms. The molecule has 106 valence electrons. The van der Waals surface area contributed by atoms with Crippen LogP contribution in [0, 0.1) is 6.92 Å². The largest absolute Gasteiger partial charge is 0.398 e. The monoisotopic (exact) mass is 263 g/mol. The van der Waals surface area contributed by atoms with E-state index in [4.69, 9.17) is 5.73 Å². The Morgan fingerprint density at radius 3 is 2.79 bits per heavy atom. The van der Waals surface area contributed by atoms with Gasteiger partial charge in [-0.25, -0.2) is 0 Å². The van der Waals surface area contributed by atoms with Gasteiger partial charge < -0.3 is 16.0 Å². The summed E-state index contributed by atoms with van der Waals surface area (Å²) in [6, 6.07) is 5.57. The first-order valence-corrected chi connectivity index (χ1v) is 6.88. The van der Waals surface area contributed by atoms with Gasteiger partial charge in [0.2, 0.25) is 5.91 Å². The fourth-order valence-corrected chi connectivity index (χ4v) is 1.83. The normalized spacial score (nSPS) is 10.7. The van der Waals surface area contributed by atoms with Crippen molar-refractivity contribution in [1.82, 2.24) is 4.90 Å². The second-order valence-electron chi connectivity index (χ2n) is 4.97. The quantitative estimate of drug-likeness (QED) is 0.743. The summed E-state index contributed by atoms with van der Waals surface area (Å²) in [6.45, 7) is 5.91. The van der Waals surface area contributed by atoms with Crippen LogP contribution in [-0.2, 0) is 4.79 Å². The van der Waals surface area contributed by atoms with E-state index in [9.17, 15) is 4.79 Å². The highest BCUT2D eigenvalue weighted by Crippen LogP contribution is 2.20. The number of hydrogen-bond acceptors (Lipinski definition) is 3. The van der Waals surface area contributed by atoms with Crippen LogP contribution in [0.15, 0.2) is 18.2 Å². The van der Waals surface area contributed by atoms with Crippen LogP contribution in [0.2, 0.25) is 0 Å². The number of hydrogen-bond donors (Lipinski definition) is 2. The van der Waals surface area contributed by atoms with Crippen molar-refractivity contribution in [3.63, 3.8) is 0 Å². The lowest BCUT2D eigenvalue weighted by Gasteiger charge is -2.16. The second kappa shape index (κ2) is 7.79. The van der Waals surface area contributed by atoms with Gasteiger partial charge in [0.15, 0.2) is 0 Å². The first-order chi connectivity index (χ1) is 9.04. The van der Waals surface area contributed by atoms with Crippen LogP contribution in [0.3, 0.4) is 0 Å². The third-order valence-electron chi connectivity index (χ3n) is 3.26. The molecule has 1 aromatic carbocycles. The molecule has 0 aliphatic heterocycles. The maximum Gasteiger partial charge on any atom is 0.225 e. The Morgan fingerprint density at radius 1 is 1.37 bits per heavy atom. The number of carbonyl (C=O) groups is 1. The fraction of sp³-hybridized carbons (Fsp3) is 0.533. The molecule has 0 fully saturated rings. The molecule has 1 rings (SSSR count). The van der Waals surface area contributed by atoms with Crippen molar-refractivity contribution in [1.29, 1.82) is 0 Å². The summed E-state index contributed by atoms with van der Waals surface area (Å²) in [5.74, 6) is 0.0389. The summed E-state index contributed by atoms with van der Waals surface area (Å²) in [5.41, 5.74) is 8.25. The van der Waals surface area contributed by atoms with Crippen LogP contribution >= 0.6 is 0 Å². The molecule has 0 heterocycles. The first-order valence-electron chi connectivity index (χ1n) is 6.88. The van der Waals surface area contributed by atoms with Gasteiger partial charge in [0.05, 0.1) is 0 Å². The lowest BCUT2D eigenvalue weighted by molar-refractivity contribution is -0.116. The molecule has 0 aliphatic rings. The Morgan fingerprint density at radius 2 is 2.11 bits per heavy atom. The van der Waals surface area contributed by atoms with Crippen molar-refractivity contribution in [2.45, 2.75) is 33.1 Å². The van der Waals surface area contributed by atoms with Crippen molar-refractivity contribution in [3.05, 3.63) is 23.8 Å². The molecule has 4 nitrogen and oxygen atoms in total. The van der Waals surface area contributed by atoms with E-state index in [2.05, 4.69) is 24.2 Å². The van der Waals surface area contributed by atoms with Crippen LogP contribution in [0.1, 0.15) is 31.7 Å². The number of nitrogens with two attached hydrogens (primary N) is 1. The molecule has 0 saturated carbocycles. The molecule has 0 spiro atoms. The topological polar surface area (TPSA) is 58.4 Å². The Labute approximate surface area is 116 Å². The zero-order valence-electron chi connectivity index (χ0n) is 12.2. The summed E-state index contributed by atoms with van der Waals surface area (Å²) < 4.78 is 0. The predicted octanol–water partition coefficient (Wildman–Crippen LogP) is 2.64. The van der Waals surface area contributed by atoms with Crippen LogP contribution < -0.4 is 11.1 Å². The van der Waals surface area contributed by atoms with Gasteiger partial charge in [-0.3, -0.25) is 4.79 Å². The highest BCUT2D eigenvalue weighted by Gasteiger charge is 2.07. The molecule has 0 radical (unpaired) electrons. The number of unbranched alkanes of at least 4 members (excludes halogenated alkanes) is 1. The van der Waals surface area contributed by atoms with Gasteiger partial charge in [-0.1, -0.05) is 19.4 Å². The average Bonchev–Trinajstić information content (AvgIpc) is 2.39. The zero-order valence-corrected chi connectivity index (χ0v) is 12.2. The van der Waals surface area contributed by atoms with E-state index >= 15 is 0 Å². The Balaban J connectivity index is 2.41. The smallest absolute Gasteiger partial charge is 0.225 e. The number of benzene rings is 1. The molecular weight excluding hydrogens is 238 g/mol. The summed E-state index contributed by atoms with van der Waals surface area (Å²) in [5, 5.41) is 2.92. The Bertz CT molecular complexity index is 418. The number of rotatable bonds is 7. The third kappa shape index (κ3) is 5.30. The number of carbonyl (C=O) groups excluding carboxylic acids is 1. The number of anilines is 2. The van der Waals surface area contributed by atoms with Crippen LogP contribution in [0.25, 0.3) is 0 Å². The summed E-state index contributed by atoms with van der Waals surface area (Å²) >= 11 is 0. The average molecular weight is 263 g/mol. The Kier molecular flexibility index (Phi) is 6.36. The number of nitrogens with one attached hydrogen (secondary N) is 1. The van der Waals surface area contributed by atoms with Crippen molar-refractivity contribution in [3.8, 4) is 0 Å². The maximum absolute atomic E-state index is 11.9. The van der Waals surface area contributed by atoms with Gasteiger partial charge >= 0.3 is 0 Å². The second-order valence-corrected chi connectivity index (χ2v) is 4.97. The van der Waals surface area contributed by atoms with Gasteiger partial charge in [0.1, 0.15) is 0 Å². The first kappa shape index (κ1) is 15.5. The van der Waals surface area contributed by atoms with Gasteiger partial charge in [-0.15, -0.1) is 0 Å². The van der Waals surface area contributed by atoms with Crippen LogP contribution in [-0.4, -0.2) is 30.9 Å². The van der Waals surface area contributed by atoms with Crippen molar-refractivity contribution in [2.75, 3.05) is 31.2 Å². The van der Waals surface area contributed by atoms with Gasteiger partial charge in [-0.2, -0.15) is 0 Å². The van der Waals surface area contributed by atoms with Gasteiger partial charge in [0.25, 0.3) is 0 Å². The molecule has 1 aromatic rings. The lowest BCUT2D eigenvalue weighted by atomic mass is 10.1. The number of nitrogen functional groups attached to an aromatic ring is 1. The molecule has 3 N–H and O–H groups in total. The van der Waals surface area contributed by atoms with E-state index in [1.54, 1.807) is 0 Å². The standard InChI is InChI=1S/C15H25N3O/c1-4-5-10-18(3)11-9-15(19)17-14-8-6-7-13(16)12(14)2/h6-8H,4-5,9-11,16H2,1-3H3,(H,17,19). The number of amides is 1. The van der Waals surface area contributed by atoms with E-state index in [-0.39, 0.29) is 5.91 Å². The van der Waals surface area contributed by atoms with Crippen molar-refractivity contribution < 1.29 is 4.79 Å². The molecular formula is C15H25N3O. The molecule has 0 aliphatic carbocycles. The Hall–Kier alpha value is -1.55. The van der Waals surface area contributed by atoms with Crippen molar-refractivity contribution >= 4 is 17.3 Å². The molecule has 0 aromatic heterocycles. The minimum absolute atomic E-state index is 0.0389. The van der Waals surface area contributed by atoms with Crippen LogP contribution in [0.4, 0.5) is 11.4 Å². The SMILES string of the molecule is CCCCN(C)CCC(=O)Nc1cccc(N)c1C. The van der Waals surface area contributed by atoms with E-state index in [1.807, 2.05) is 25.1 Å². The highest BCUT2D eigenvalue weighted by molar-refractivity contribution is 5.92. The molecule has 19 heavy (non-hydrogen) atoms. The third-order valence-corrected chi connectivity index (χ3v) is 3.26. The van der Waals surface area contributed by atoms with Crippen molar-refractivity contribution in [2.24, 2.45) is 0 Å². The molecule has 0 bridgehead atoms. The van der Waals surface area contributed by atoms with Crippen LogP contribution in [0.5, 0.6) is 0 Å². The highest BCUT2D eigenvalue weighted by atomic mass is 16.1. The minimum Gasteiger partial charge on any atom is -0.398 e. The summed E-state index contributed by atoms with van der Waals surface area (Å²) in [4.78, 5) is 14.1. The lowest BCUT2D eigenvalue weighted by Crippen LogP contribution is -2.25. The van der Waals surface area contributed by atoms with E-state index in [0.717, 1.165) is 24.3 Å². The van der Waals surface area contributed by atoms with E-state index < -0.39 is 0 Å². The molecule has 0 atom stereocenters. The van der Waals surface area contributed by atoms with E-state index in [0.29, 0.717) is 12.1 Å². The fourth-order valence-electron chi connectivity index (χ4n) is 1.83. The number of nitrogens with zero attached hydrogens (tertiary/aromatic N) is 1. The minimum atomic E-state index is 0.0389. The predicted molar refractivity (Wildman–Crippen MR) is 81.2 cm³/mol. The van der Waals surface area contributed by atoms with Gasteiger partial charge in [-0.05, 0) is 44.6 Å². The van der Waals surface area contributed by atoms with Gasteiger partial charge in [0, 0.05) is 24.3 Å². The maximum atomic E-state index is 11.9. The molecule has 1 amide bonds. The van der Waals surface area contributed by atoms with E-state index in [1.165, 1.54) is 12.8 Å². The molecule has 0 unspecified atom stereocenters. The molecule has 0 saturated heterocycles. The zero-order chi connectivity index (χ0) is 14.3.